The van der Waals surface area contributed by atoms with Gasteiger partial charge in [-0.05, 0) is 44.2 Å². The smallest absolute Gasteiger partial charge is 0.240 e. The van der Waals surface area contributed by atoms with Crippen LogP contribution in [0, 0.1) is 0 Å². The fourth-order valence-electron chi connectivity index (χ4n) is 1.74. The maximum atomic E-state index is 11.7. The number of hydrogen-bond acceptors (Lipinski definition) is 4. The van der Waals surface area contributed by atoms with Gasteiger partial charge in [-0.15, -0.1) is 0 Å². The molecule has 0 radical (unpaired) electrons. The van der Waals surface area contributed by atoms with Crippen LogP contribution in [0.3, 0.4) is 0 Å². The standard InChI is InChI=1S/C13H19N3O3S/c1-14-20(18,19)12-6-4-11(5-7-12)16-13(17)8-9-15-10-2-3-10/h4-7,10,14-15H,2-3,8-9H2,1H3,(H,16,17). The number of carbonyl (C=O) groups is 1. The average molecular weight is 297 g/mol. The molecule has 7 heteroatoms. The minimum atomic E-state index is -3.43. The fraction of sp³-hybridized carbons (Fsp3) is 0.462. The van der Waals surface area contributed by atoms with Crippen molar-refractivity contribution < 1.29 is 13.2 Å². The zero-order valence-electron chi connectivity index (χ0n) is 11.3. The lowest BCUT2D eigenvalue weighted by Crippen LogP contribution is -2.23. The van der Waals surface area contributed by atoms with E-state index in [4.69, 9.17) is 0 Å². The number of nitrogens with one attached hydrogen (secondary N) is 3. The van der Waals surface area contributed by atoms with Crippen molar-refractivity contribution in [1.82, 2.24) is 10.0 Å². The second-order valence-corrected chi connectivity index (χ2v) is 6.65. The molecule has 0 aromatic heterocycles. The van der Waals surface area contributed by atoms with Crippen LogP contribution in [0.15, 0.2) is 29.2 Å². The summed E-state index contributed by atoms with van der Waals surface area (Å²) in [6, 6.07) is 6.68. The molecule has 0 unspecified atom stereocenters. The van der Waals surface area contributed by atoms with Crippen molar-refractivity contribution in [3.05, 3.63) is 24.3 Å². The van der Waals surface area contributed by atoms with Gasteiger partial charge in [-0.3, -0.25) is 4.79 Å². The Morgan fingerprint density at radius 3 is 2.45 bits per heavy atom. The lowest BCUT2D eigenvalue weighted by molar-refractivity contribution is -0.116. The van der Waals surface area contributed by atoms with E-state index in [-0.39, 0.29) is 10.8 Å². The molecular weight excluding hydrogens is 278 g/mol. The summed E-state index contributed by atoms with van der Waals surface area (Å²) in [5, 5.41) is 6.00. The van der Waals surface area contributed by atoms with Crippen molar-refractivity contribution in [2.24, 2.45) is 0 Å². The topological polar surface area (TPSA) is 87.3 Å². The minimum Gasteiger partial charge on any atom is -0.326 e. The van der Waals surface area contributed by atoms with Crippen LogP contribution in [0.1, 0.15) is 19.3 Å². The summed E-state index contributed by atoms with van der Waals surface area (Å²) < 4.78 is 25.3. The molecule has 2 rings (SSSR count). The zero-order chi connectivity index (χ0) is 14.6. The zero-order valence-corrected chi connectivity index (χ0v) is 12.2. The highest BCUT2D eigenvalue weighted by atomic mass is 32.2. The lowest BCUT2D eigenvalue weighted by Gasteiger charge is -2.07. The number of carbonyl (C=O) groups excluding carboxylic acids is 1. The van der Waals surface area contributed by atoms with Crippen molar-refractivity contribution in [2.45, 2.75) is 30.2 Å². The summed E-state index contributed by atoms with van der Waals surface area (Å²) >= 11 is 0. The van der Waals surface area contributed by atoms with E-state index in [0.29, 0.717) is 24.7 Å². The van der Waals surface area contributed by atoms with E-state index in [2.05, 4.69) is 15.4 Å². The Kier molecular flexibility index (Phi) is 4.74. The molecule has 1 saturated carbocycles. The Morgan fingerprint density at radius 2 is 1.90 bits per heavy atom. The molecule has 1 aliphatic carbocycles. The normalized spacial score (nSPS) is 15.1. The molecule has 3 N–H and O–H groups in total. The van der Waals surface area contributed by atoms with Gasteiger partial charge in [0.25, 0.3) is 0 Å². The molecule has 0 heterocycles. The number of hydrogen-bond donors (Lipinski definition) is 3. The second-order valence-electron chi connectivity index (χ2n) is 4.76. The van der Waals surface area contributed by atoms with Gasteiger partial charge in [0.05, 0.1) is 4.90 Å². The molecular formula is C13H19N3O3S. The van der Waals surface area contributed by atoms with E-state index >= 15 is 0 Å². The first-order valence-corrected chi connectivity index (χ1v) is 8.06. The third kappa shape index (κ3) is 4.29. The molecule has 1 amide bonds. The van der Waals surface area contributed by atoms with Crippen molar-refractivity contribution >= 4 is 21.6 Å². The lowest BCUT2D eigenvalue weighted by atomic mass is 10.3. The predicted octanol–water partition coefficient (Wildman–Crippen LogP) is 0.675. The van der Waals surface area contributed by atoms with Crippen LogP contribution in [0.25, 0.3) is 0 Å². The summed E-state index contributed by atoms with van der Waals surface area (Å²) in [6.07, 6.45) is 2.80. The van der Waals surface area contributed by atoms with Gasteiger partial charge in [-0.2, -0.15) is 0 Å². The van der Waals surface area contributed by atoms with Gasteiger partial charge in [0.15, 0.2) is 0 Å². The van der Waals surface area contributed by atoms with Crippen molar-refractivity contribution in [1.29, 1.82) is 0 Å². The first kappa shape index (κ1) is 15.0. The number of anilines is 1. The summed E-state index contributed by atoms with van der Waals surface area (Å²) in [4.78, 5) is 11.8. The third-order valence-electron chi connectivity index (χ3n) is 3.08. The van der Waals surface area contributed by atoms with Crippen molar-refractivity contribution in [2.75, 3.05) is 18.9 Å². The van der Waals surface area contributed by atoms with Gasteiger partial charge < -0.3 is 10.6 Å². The summed E-state index contributed by atoms with van der Waals surface area (Å²) in [7, 11) is -2.07. The molecule has 0 atom stereocenters. The van der Waals surface area contributed by atoms with E-state index < -0.39 is 10.0 Å². The van der Waals surface area contributed by atoms with Crippen LogP contribution in [0.4, 0.5) is 5.69 Å². The number of benzene rings is 1. The first-order valence-electron chi connectivity index (χ1n) is 6.58. The first-order chi connectivity index (χ1) is 9.51. The van der Waals surface area contributed by atoms with Crippen molar-refractivity contribution in [3.8, 4) is 0 Å². The van der Waals surface area contributed by atoms with Gasteiger partial charge in [0, 0.05) is 24.7 Å². The molecule has 6 nitrogen and oxygen atoms in total. The molecule has 0 bridgehead atoms. The molecule has 1 aliphatic rings. The number of sulfonamides is 1. The quantitative estimate of drug-likeness (QED) is 0.690. The van der Waals surface area contributed by atoms with Crippen LogP contribution in [-0.2, 0) is 14.8 Å². The Bertz CT molecular complexity index is 565. The molecule has 20 heavy (non-hydrogen) atoms. The molecule has 0 saturated heterocycles. The van der Waals surface area contributed by atoms with Crippen LogP contribution >= 0.6 is 0 Å². The Labute approximate surface area is 119 Å². The van der Waals surface area contributed by atoms with Crippen molar-refractivity contribution in [3.63, 3.8) is 0 Å². The largest absolute Gasteiger partial charge is 0.326 e. The maximum absolute atomic E-state index is 11.7. The van der Waals surface area contributed by atoms with Gasteiger partial charge in [-0.1, -0.05) is 0 Å². The van der Waals surface area contributed by atoms with E-state index in [0.717, 1.165) is 0 Å². The van der Waals surface area contributed by atoms with E-state index in [1.54, 1.807) is 12.1 Å². The van der Waals surface area contributed by atoms with E-state index in [1.165, 1.54) is 32.0 Å². The highest BCUT2D eigenvalue weighted by Crippen LogP contribution is 2.18. The Hall–Kier alpha value is -1.44. The molecule has 110 valence electrons. The second kappa shape index (κ2) is 6.34. The van der Waals surface area contributed by atoms with Crippen LogP contribution < -0.4 is 15.4 Å². The Morgan fingerprint density at radius 1 is 1.25 bits per heavy atom. The maximum Gasteiger partial charge on any atom is 0.240 e. The summed E-state index contributed by atoms with van der Waals surface area (Å²) in [5.74, 6) is -0.0811. The molecule has 0 spiro atoms. The van der Waals surface area contributed by atoms with Crippen LogP contribution in [0.2, 0.25) is 0 Å². The van der Waals surface area contributed by atoms with E-state index in [1.807, 2.05) is 0 Å². The highest BCUT2D eigenvalue weighted by molar-refractivity contribution is 7.89. The summed E-state index contributed by atoms with van der Waals surface area (Å²) in [5.41, 5.74) is 0.594. The SMILES string of the molecule is CNS(=O)(=O)c1ccc(NC(=O)CCNC2CC2)cc1. The average Bonchev–Trinajstić information content (AvgIpc) is 3.23. The number of rotatable bonds is 7. The van der Waals surface area contributed by atoms with Crippen LogP contribution in [0.5, 0.6) is 0 Å². The third-order valence-corrected chi connectivity index (χ3v) is 4.51. The highest BCUT2D eigenvalue weighted by Gasteiger charge is 2.20. The van der Waals surface area contributed by atoms with E-state index in [9.17, 15) is 13.2 Å². The van der Waals surface area contributed by atoms with Gasteiger partial charge in [0.2, 0.25) is 15.9 Å². The van der Waals surface area contributed by atoms with Gasteiger partial charge >= 0.3 is 0 Å². The van der Waals surface area contributed by atoms with Gasteiger partial charge in [0.1, 0.15) is 0 Å². The van der Waals surface area contributed by atoms with Gasteiger partial charge in [-0.25, -0.2) is 13.1 Å². The molecule has 1 aromatic rings. The molecule has 1 aromatic carbocycles. The minimum absolute atomic E-state index is 0.0811. The monoisotopic (exact) mass is 297 g/mol. The predicted molar refractivity (Wildman–Crippen MR) is 77.0 cm³/mol. The number of amides is 1. The molecule has 0 aliphatic heterocycles. The fourth-order valence-corrected chi connectivity index (χ4v) is 2.47. The van der Waals surface area contributed by atoms with Crippen LogP contribution in [-0.4, -0.2) is 34.0 Å². The summed E-state index contributed by atoms with van der Waals surface area (Å²) in [6.45, 7) is 0.669. The molecule has 1 fully saturated rings. The Balaban J connectivity index is 1.84.